The molecule has 7 nitrogen and oxygen atoms in total. The second-order valence-electron chi connectivity index (χ2n) is 9.55. The van der Waals surface area contributed by atoms with Crippen molar-refractivity contribution in [1.82, 2.24) is 19.6 Å². The molecule has 37 heavy (non-hydrogen) atoms. The molecule has 1 saturated heterocycles. The van der Waals surface area contributed by atoms with Crippen LogP contribution < -0.4 is 5.32 Å². The van der Waals surface area contributed by atoms with Crippen molar-refractivity contribution in [3.63, 3.8) is 0 Å². The average molecular weight is 515 g/mol. The number of nitrogens with one attached hydrogen (secondary N) is 1. The van der Waals surface area contributed by atoms with Crippen molar-refractivity contribution in [3.05, 3.63) is 90.3 Å². The van der Waals surface area contributed by atoms with E-state index in [2.05, 4.69) is 17.2 Å². The van der Waals surface area contributed by atoms with E-state index in [0.717, 1.165) is 24.0 Å². The summed E-state index contributed by atoms with van der Waals surface area (Å²) >= 11 is 0. The van der Waals surface area contributed by atoms with Gasteiger partial charge < -0.3 is 5.32 Å². The number of rotatable bonds is 7. The van der Waals surface area contributed by atoms with Crippen LogP contribution in [0.5, 0.6) is 0 Å². The molecule has 0 saturated carbocycles. The minimum atomic E-state index is -3.67. The zero-order valence-electron chi connectivity index (χ0n) is 20.8. The number of carbonyl (C=O) groups excluding carboxylic acids is 1. The van der Waals surface area contributed by atoms with Gasteiger partial charge in [-0.25, -0.2) is 13.4 Å². The van der Waals surface area contributed by atoms with E-state index in [4.69, 9.17) is 4.98 Å². The number of carbonyl (C=O) groups is 1. The smallest absolute Gasteiger partial charge is 0.252 e. The van der Waals surface area contributed by atoms with E-state index in [1.54, 1.807) is 41.0 Å². The van der Waals surface area contributed by atoms with Crippen molar-refractivity contribution >= 4 is 26.8 Å². The number of benzene rings is 2. The third kappa shape index (κ3) is 5.55. The van der Waals surface area contributed by atoms with Gasteiger partial charge in [-0.1, -0.05) is 37.3 Å². The third-order valence-corrected chi connectivity index (χ3v) is 8.80. The fraction of sp³-hybridized carbons (Fsp3) is 0.276. The number of fused-ring (bicyclic) bond motifs is 1. The normalized spacial score (nSPS) is 15.1. The Labute approximate surface area is 217 Å². The molecule has 1 amide bonds. The molecule has 1 N–H and O–H groups in total. The molecule has 0 spiro atoms. The van der Waals surface area contributed by atoms with E-state index in [0.29, 0.717) is 54.1 Å². The van der Waals surface area contributed by atoms with E-state index >= 15 is 0 Å². The Morgan fingerprint density at radius 3 is 2.54 bits per heavy atom. The van der Waals surface area contributed by atoms with Gasteiger partial charge in [0, 0.05) is 43.0 Å². The minimum Gasteiger partial charge on any atom is -0.352 e. The maximum absolute atomic E-state index is 13.4. The van der Waals surface area contributed by atoms with Crippen LogP contribution in [0.2, 0.25) is 0 Å². The van der Waals surface area contributed by atoms with Crippen LogP contribution in [0.25, 0.3) is 22.2 Å². The van der Waals surface area contributed by atoms with Gasteiger partial charge in [0.2, 0.25) is 10.0 Å². The highest BCUT2D eigenvalue weighted by molar-refractivity contribution is 7.89. The summed E-state index contributed by atoms with van der Waals surface area (Å²) in [5.41, 5.74) is 3.46. The number of hydrogen-bond donors (Lipinski definition) is 1. The van der Waals surface area contributed by atoms with Gasteiger partial charge in [0.25, 0.3) is 5.91 Å². The van der Waals surface area contributed by atoms with Gasteiger partial charge in [0.15, 0.2) is 0 Å². The predicted molar refractivity (Wildman–Crippen MR) is 145 cm³/mol. The molecule has 0 aliphatic carbocycles. The number of amides is 1. The molecule has 4 aromatic rings. The van der Waals surface area contributed by atoms with Crippen LogP contribution in [-0.4, -0.2) is 48.2 Å². The zero-order chi connectivity index (χ0) is 25.8. The second kappa shape index (κ2) is 10.8. The van der Waals surface area contributed by atoms with Crippen molar-refractivity contribution < 1.29 is 13.2 Å². The number of hydrogen-bond acceptors (Lipinski definition) is 5. The zero-order valence-corrected chi connectivity index (χ0v) is 21.6. The molecular formula is C29H30N4O3S. The van der Waals surface area contributed by atoms with Gasteiger partial charge in [-0.3, -0.25) is 9.78 Å². The van der Waals surface area contributed by atoms with Crippen molar-refractivity contribution in [2.45, 2.75) is 31.1 Å². The minimum absolute atomic E-state index is 0.184. The largest absolute Gasteiger partial charge is 0.352 e. The van der Waals surface area contributed by atoms with E-state index in [1.807, 2.05) is 42.5 Å². The summed E-state index contributed by atoms with van der Waals surface area (Å²) in [5.74, 6) is 0.249. The Bertz CT molecular complexity index is 1500. The van der Waals surface area contributed by atoms with E-state index in [-0.39, 0.29) is 10.8 Å². The molecule has 3 heterocycles. The maximum atomic E-state index is 13.4. The van der Waals surface area contributed by atoms with Gasteiger partial charge in [-0.2, -0.15) is 4.31 Å². The van der Waals surface area contributed by atoms with Crippen LogP contribution >= 0.6 is 0 Å². The molecular weight excluding hydrogens is 484 g/mol. The second-order valence-corrected chi connectivity index (χ2v) is 11.5. The van der Waals surface area contributed by atoms with Crippen molar-refractivity contribution in [1.29, 1.82) is 0 Å². The number of nitrogens with zero attached hydrogens (tertiary/aromatic N) is 3. The van der Waals surface area contributed by atoms with E-state index in [9.17, 15) is 13.2 Å². The Balaban J connectivity index is 1.51. The standard InChI is InChI=1S/C29H30N4O3S/c1-21-12-16-33(17-13-21)37(35,36)24-9-10-27-25(18-24)26(19-28(32-27)23-8-5-14-30-20-23)29(34)31-15-11-22-6-3-2-4-7-22/h2-10,14,18-21H,11-13,15-17H2,1H3,(H,31,34). The summed E-state index contributed by atoms with van der Waals surface area (Å²) in [4.78, 5) is 22.5. The summed E-state index contributed by atoms with van der Waals surface area (Å²) in [5, 5.41) is 3.51. The highest BCUT2D eigenvalue weighted by Crippen LogP contribution is 2.29. The lowest BCUT2D eigenvalue weighted by Gasteiger charge is -2.29. The van der Waals surface area contributed by atoms with Crippen LogP contribution in [0, 0.1) is 5.92 Å². The number of sulfonamides is 1. The quantitative estimate of drug-likeness (QED) is 0.386. The summed E-state index contributed by atoms with van der Waals surface area (Å²) in [6.45, 7) is 3.62. The summed E-state index contributed by atoms with van der Waals surface area (Å²) in [6.07, 6.45) is 5.76. The molecule has 0 unspecified atom stereocenters. The van der Waals surface area contributed by atoms with Gasteiger partial charge in [0.1, 0.15) is 0 Å². The fourth-order valence-electron chi connectivity index (χ4n) is 4.65. The summed E-state index contributed by atoms with van der Waals surface area (Å²) < 4.78 is 28.4. The lowest BCUT2D eigenvalue weighted by molar-refractivity contribution is 0.0955. The molecule has 2 aromatic carbocycles. The Hall–Kier alpha value is -3.62. The van der Waals surface area contributed by atoms with E-state index in [1.165, 1.54) is 0 Å². The van der Waals surface area contributed by atoms with Crippen molar-refractivity contribution in [2.24, 2.45) is 5.92 Å². The Morgan fingerprint density at radius 2 is 1.81 bits per heavy atom. The molecule has 1 aliphatic heterocycles. The highest BCUT2D eigenvalue weighted by Gasteiger charge is 2.29. The van der Waals surface area contributed by atoms with Crippen LogP contribution in [-0.2, 0) is 16.4 Å². The van der Waals surface area contributed by atoms with Gasteiger partial charge >= 0.3 is 0 Å². The summed E-state index contributed by atoms with van der Waals surface area (Å²) in [7, 11) is -3.67. The molecule has 190 valence electrons. The lowest BCUT2D eigenvalue weighted by Crippen LogP contribution is -2.37. The Morgan fingerprint density at radius 1 is 1.03 bits per heavy atom. The van der Waals surface area contributed by atoms with Gasteiger partial charge in [0.05, 0.1) is 21.7 Å². The predicted octanol–water partition coefficient (Wildman–Crippen LogP) is 4.69. The first-order valence-corrected chi connectivity index (χ1v) is 14.0. The van der Waals surface area contributed by atoms with Crippen LogP contribution in [0.15, 0.2) is 84.0 Å². The van der Waals surface area contributed by atoms with Gasteiger partial charge in [-0.15, -0.1) is 0 Å². The fourth-order valence-corrected chi connectivity index (χ4v) is 6.15. The van der Waals surface area contributed by atoms with Gasteiger partial charge in [-0.05, 0) is 67.1 Å². The number of pyridine rings is 2. The topological polar surface area (TPSA) is 92.3 Å². The molecule has 1 fully saturated rings. The first-order chi connectivity index (χ1) is 17.9. The molecule has 0 bridgehead atoms. The molecule has 1 aliphatic rings. The lowest BCUT2D eigenvalue weighted by atomic mass is 10.0. The van der Waals surface area contributed by atoms with Crippen molar-refractivity contribution in [3.8, 4) is 11.3 Å². The van der Waals surface area contributed by atoms with Crippen LogP contribution in [0.4, 0.5) is 0 Å². The molecule has 8 heteroatoms. The highest BCUT2D eigenvalue weighted by atomic mass is 32.2. The Kier molecular flexibility index (Phi) is 7.30. The molecule has 2 aromatic heterocycles. The maximum Gasteiger partial charge on any atom is 0.252 e. The van der Waals surface area contributed by atoms with E-state index < -0.39 is 10.0 Å². The average Bonchev–Trinajstić information content (AvgIpc) is 2.93. The van der Waals surface area contributed by atoms with Crippen LogP contribution in [0.3, 0.4) is 0 Å². The molecule has 5 rings (SSSR count). The molecule has 0 atom stereocenters. The molecule has 0 radical (unpaired) electrons. The third-order valence-electron chi connectivity index (χ3n) is 6.90. The number of piperidine rings is 1. The number of aromatic nitrogens is 2. The summed E-state index contributed by atoms with van der Waals surface area (Å²) in [6, 6.07) is 20.2. The first-order valence-electron chi connectivity index (χ1n) is 12.6. The van der Waals surface area contributed by atoms with Crippen LogP contribution in [0.1, 0.15) is 35.7 Å². The van der Waals surface area contributed by atoms with Crippen molar-refractivity contribution in [2.75, 3.05) is 19.6 Å². The SMILES string of the molecule is CC1CCN(S(=O)(=O)c2ccc3nc(-c4cccnc4)cc(C(=O)NCCc4ccccc4)c3c2)CC1. The monoisotopic (exact) mass is 514 g/mol. The first kappa shape index (κ1) is 25.0.